The first-order valence-corrected chi connectivity index (χ1v) is 14.6. The highest BCUT2D eigenvalue weighted by molar-refractivity contribution is 5.85. The van der Waals surface area contributed by atoms with Crippen LogP contribution in [0.25, 0.3) is 11.0 Å². The SMILES string of the molecule is COC[C@@H]1CN(C(=O)OC(C)(C)C)C[C@H](C(=O)N(C2CC2)[C@H](C)c2nn(CCCNC(=O)CO)c3nc(C)ccc23)O1. The van der Waals surface area contributed by atoms with Gasteiger partial charge in [0.2, 0.25) is 5.91 Å². The van der Waals surface area contributed by atoms with Gasteiger partial charge in [0, 0.05) is 37.3 Å². The van der Waals surface area contributed by atoms with E-state index in [2.05, 4.69) is 5.32 Å². The van der Waals surface area contributed by atoms with Crippen molar-refractivity contribution in [3.63, 3.8) is 0 Å². The van der Waals surface area contributed by atoms with Crippen LogP contribution in [-0.2, 0) is 30.3 Å². The third kappa shape index (κ3) is 7.75. The second-order valence-corrected chi connectivity index (χ2v) is 12.0. The van der Waals surface area contributed by atoms with Gasteiger partial charge >= 0.3 is 6.09 Å². The summed E-state index contributed by atoms with van der Waals surface area (Å²) in [5.41, 5.74) is 1.61. The topological polar surface area (TPSA) is 148 Å². The first-order chi connectivity index (χ1) is 19.9. The maximum atomic E-state index is 14.2. The molecule has 232 valence electrons. The molecule has 42 heavy (non-hydrogen) atoms. The van der Waals surface area contributed by atoms with Gasteiger partial charge in [0.15, 0.2) is 11.8 Å². The summed E-state index contributed by atoms with van der Waals surface area (Å²) in [6.45, 7) is 10.2. The van der Waals surface area contributed by atoms with E-state index in [-0.39, 0.29) is 37.7 Å². The number of ether oxygens (including phenoxy) is 3. The first kappa shape index (κ1) is 31.6. The fourth-order valence-corrected chi connectivity index (χ4v) is 5.21. The highest BCUT2D eigenvalue weighted by Gasteiger charge is 2.44. The fourth-order valence-electron chi connectivity index (χ4n) is 5.21. The zero-order chi connectivity index (χ0) is 30.6. The predicted octanol–water partition coefficient (Wildman–Crippen LogP) is 1.94. The molecular formula is C29H44N6O7. The molecule has 1 aliphatic carbocycles. The third-order valence-corrected chi connectivity index (χ3v) is 7.23. The number of nitrogens with one attached hydrogen (secondary N) is 1. The molecule has 3 amide bonds. The zero-order valence-corrected chi connectivity index (χ0v) is 25.5. The molecule has 2 fully saturated rings. The van der Waals surface area contributed by atoms with Gasteiger partial charge < -0.3 is 34.4 Å². The molecule has 2 aromatic heterocycles. The van der Waals surface area contributed by atoms with E-state index >= 15 is 0 Å². The lowest BCUT2D eigenvalue weighted by Gasteiger charge is -2.40. The number of morpholine rings is 1. The van der Waals surface area contributed by atoms with Crippen LogP contribution in [0.4, 0.5) is 4.79 Å². The highest BCUT2D eigenvalue weighted by Crippen LogP contribution is 2.37. The van der Waals surface area contributed by atoms with Gasteiger partial charge in [-0.25, -0.2) is 14.5 Å². The predicted molar refractivity (Wildman–Crippen MR) is 154 cm³/mol. The van der Waals surface area contributed by atoms with Crippen LogP contribution in [0.1, 0.15) is 64.4 Å². The van der Waals surface area contributed by atoms with Gasteiger partial charge in [-0.2, -0.15) is 5.10 Å². The Balaban J connectivity index is 1.58. The maximum absolute atomic E-state index is 14.2. The summed E-state index contributed by atoms with van der Waals surface area (Å²) in [5.74, 6) is -0.626. The van der Waals surface area contributed by atoms with Crippen molar-refractivity contribution < 1.29 is 33.7 Å². The Morgan fingerprint density at radius 2 is 1.98 bits per heavy atom. The van der Waals surface area contributed by atoms with Crippen LogP contribution >= 0.6 is 0 Å². The number of aliphatic hydroxyl groups is 1. The fraction of sp³-hybridized carbons (Fsp3) is 0.690. The number of methoxy groups -OCH3 is 1. The van der Waals surface area contributed by atoms with Crippen LogP contribution in [0.3, 0.4) is 0 Å². The Hall–Kier alpha value is -3.29. The minimum absolute atomic E-state index is 0.0428. The molecule has 1 saturated carbocycles. The van der Waals surface area contributed by atoms with Gasteiger partial charge in [0.05, 0.1) is 37.5 Å². The summed E-state index contributed by atoms with van der Waals surface area (Å²) in [6.07, 6.45) is 0.506. The molecule has 4 rings (SSSR count). The number of fused-ring (bicyclic) bond motifs is 1. The van der Waals surface area contributed by atoms with Crippen molar-refractivity contribution in [1.29, 1.82) is 0 Å². The molecule has 0 aromatic carbocycles. The van der Waals surface area contributed by atoms with Crippen molar-refractivity contribution in [2.45, 2.75) is 90.3 Å². The summed E-state index contributed by atoms with van der Waals surface area (Å²) < 4.78 is 18.9. The van der Waals surface area contributed by atoms with Gasteiger partial charge in [0.25, 0.3) is 5.91 Å². The molecule has 13 heteroatoms. The Bertz CT molecular complexity index is 1270. The first-order valence-electron chi connectivity index (χ1n) is 14.6. The quantitative estimate of drug-likeness (QED) is 0.376. The Kier molecular flexibility index (Phi) is 10.1. The summed E-state index contributed by atoms with van der Waals surface area (Å²) in [4.78, 5) is 46.7. The van der Waals surface area contributed by atoms with Gasteiger partial charge in [-0.05, 0) is 66.0 Å². The molecule has 3 atom stereocenters. The van der Waals surface area contributed by atoms with E-state index in [9.17, 15) is 14.4 Å². The summed E-state index contributed by atoms with van der Waals surface area (Å²) in [6, 6.07) is 3.56. The minimum atomic E-state index is -0.877. The number of aromatic nitrogens is 3. The van der Waals surface area contributed by atoms with E-state index in [0.717, 1.165) is 29.6 Å². The average Bonchev–Trinajstić information content (AvgIpc) is 3.70. The Labute approximate surface area is 246 Å². The molecule has 2 aromatic rings. The smallest absolute Gasteiger partial charge is 0.410 e. The number of carbonyl (C=O) groups excluding carboxylic acids is 3. The largest absolute Gasteiger partial charge is 0.444 e. The van der Waals surface area contributed by atoms with Gasteiger partial charge in [-0.3, -0.25) is 9.59 Å². The van der Waals surface area contributed by atoms with Crippen molar-refractivity contribution in [3.05, 3.63) is 23.5 Å². The molecule has 2 N–H and O–H groups in total. The number of carbonyl (C=O) groups is 3. The maximum Gasteiger partial charge on any atom is 0.410 e. The molecule has 13 nitrogen and oxygen atoms in total. The van der Waals surface area contributed by atoms with Crippen molar-refractivity contribution in [1.82, 2.24) is 29.9 Å². The second kappa shape index (κ2) is 13.3. The molecule has 1 aliphatic heterocycles. The zero-order valence-electron chi connectivity index (χ0n) is 25.5. The summed E-state index contributed by atoms with van der Waals surface area (Å²) >= 11 is 0. The van der Waals surface area contributed by atoms with E-state index in [1.165, 1.54) is 4.90 Å². The van der Waals surface area contributed by atoms with Crippen molar-refractivity contribution in [3.8, 4) is 0 Å². The van der Waals surface area contributed by atoms with E-state index in [0.29, 0.717) is 25.2 Å². The van der Waals surface area contributed by atoms with Gasteiger partial charge in [-0.15, -0.1) is 0 Å². The molecule has 0 bridgehead atoms. The molecular weight excluding hydrogens is 544 g/mol. The van der Waals surface area contributed by atoms with Crippen LogP contribution in [-0.4, -0.2) is 111 Å². The number of aryl methyl sites for hydroxylation is 2. The summed E-state index contributed by atoms with van der Waals surface area (Å²) in [7, 11) is 1.56. The van der Waals surface area contributed by atoms with Crippen molar-refractivity contribution in [2.75, 3.05) is 40.0 Å². The average molecular weight is 589 g/mol. The molecule has 3 heterocycles. The van der Waals surface area contributed by atoms with E-state index in [4.69, 9.17) is 29.4 Å². The number of aliphatic hydroxyl groups excluding tert-OH is 1. The van der Waals surface area contributed by atoms with Crippen LogP contribution in [0.5, 0.6) is 0 Å². The number of hydrogen-bond acceptors (Lipinski definition) is 9. The molecule has 0 spiro atoms. The lowest BCUT2D eigenvalue weighted by Crippen LogP contribution is -2.57. The van der Waals surface area contributed by atoms with Crippen LogP contribution in [0.15, 0.2) is 12.1 Å². The van der Waals surface area contributed by atoms with Crippen molar-refractivity contribution in [2.24, 2.45) is 0 Å². The molecule has 2 aliphatic rings. The van der Waals surface area contributed by atoms with Crippen LogP contribution in [0.2, 0.25) is 0 Å². The van der Waals surface area contributed by atoms with E-state index in [1.807, 2.05) is 56.3 Å². The lowest BCUT2D eigenvalue weighted by atomic mass is 10.1. The number of pyridine rings is 1. The monoisotopic (exact) mass is 588 g/mol. The van der Waals surface area contributed by atoms with E-state index < -0.39 is 36.4 Å². The van der Waals surface area contributed by atoms with Crippen molar-refractivity contribution >= 4 is 28.9 Å². The second-order valence-electron chi connectivity index (χ2n) is 12.0. The van der Waals surface area contributed by atoms with Gasteiger partial charge in [-0.1, -0.05) is 0 Å². The highest BCUT2D eigenvalue weighted by atomic mass is 16.6. The Morgan fingerprint density at radius 3 is 2.62 bits per heavy atom. The number of amides is 3. The molecule has 0 unspecified atom stereocenters. The van der Waals surface area contributed by atoms with Crippen LogP contribution in [0, 0.1) is 6.92 Å². The normalized spacial score (nSPS) is 19.9. The van der Waals surface area contributed by atoms with Gasteiger partial charge in [0.1, 0.15) is 12.2 Å². The Morgan fingerprint density at radius 1 is 1.24 bits per heavy atom. The number of hydrogen-bond donors (Lipinski definition) is 2. The molecule has 0 radical (unpaired) electrons. The van der Waals surface area contributed by atoms with E-state index in [1.54, 1.807) is 7.11 Å². The third-order valence-electron chi connectivity index (χ3n) is 7.23. The lowest BCUT2D eigenvalue weighted by molar-refractivity contribution is -0.163. The minimum Gasteiger partial charge on any atom is -0.444 e. The standard InChI is InChI=1S/C29H44N6O7/c1-18-8-11-22-25(32-34(26(22)31-18)13-7-12-30-24(37)16-36)19(2)35(20-9-10-20)27(38)23-15-33(14-21(41-23)17-40-6)28(39)42-29(3,4)5/h8,11,19-21,23,36H,7,9-10,12-17H2,1-6H3,(H,30,37)/t19-,21+,23-/m1/s1. The number of rotatable bonds is 11. The number of nitrogens with zero attached hydrogens (tertiary/aromatic N) is 5. The summed E-state index contributed by atoms with van der Waals surface area (Å²) in [5, 5.41) is 17.4. The molecule has 1 saturated heterocycles. The van der Waals surface area contributed by atoms with Crippen LogP contribution < -0.4 is 5.32 Å².